The lowest BCUT2D eigenvalue weighted by molar-refractivity contribution is -0.380. The second-order valence-electron chi connectivity index (χ2n) is 3.86. The molecule has 0 radical (unpaired) electrons. The van der Waals surface area contributed by atoms with Crippen LogP contribution in [0.25, 0.3) is 0 Å². The summed E-state index contributed by atoms with van der Waals surface area (Å²) in [6.45, 7) is 1.25. The highest BCUT2D eigenvalue weighted by atomic mass is 32.1. The van der Waals surface area contributed by atoms with Crippen molar-refractivity contribution in [1.82, 2.24) is 10.3 Å². The molecule has 6 nitrogen and oxygen atoms in total. The van der Waals surface area contributed by atoms with Crippen molar-refractivity contribution >= 4 is 16.3 Å². The summed E-state index contributed by atoms with van der Waals surface area (Å²) in [5, 5.41) is 15.7. The summed E-state index contributed by atoms with van der Waals surface area (Å²) in [6, 6.07) is 5.33. The van der Waals surface area contributed by atoms with Gasteiger partial charge in [-0.25, -0.2) is 4.98 Å². The fourth-order valence-corrected chi connectivity index (χ4v) is 2.30. The molecule has 0 spiro atoms. The molecular formula is C12H13N3O3S. The van der Waals surface area contributed by atoms with E-state index in [1.807, 2.05) is 12.1 Å². The predicted molar refractivity (Wildman–Crippen MR) is 72.3 cm³/mol. The van der Waals surface area contributed by atoms with E-state index in [0.29, 0.717) is 19.0 Å². The summed E-state index contributed by atoms with van der Waals surface area (Å²) in [5.41, 5.74) is 1.97. The smallest absolute Gasteiger partial charge is 0.324 e. The highest BCUT2D eigenvalue weighted by Crippen LogP contribution is 2.22. The zero-order valence-electron chi connectivity index (χ0n) is 10.3. The van der Waals surface area contributed by atoms with Crippen molar-refractivity contribution in [3.8, 4) is 5.88 Å². The van der Waals surface area contributed by atoms with Gasteiger partial charge in [0.1, 0.15) is 0 Å². The normalized spacial score (nSPS) is 10.4. The van der Waals surface area contributed by atoms with Crippen LogP contribution in [0.2, 0.25) is 0 Å². The van der Waals surface area contributed by atoms with Crippen LogP contribution in [0.3, 0.4) is 0 Å². The molecule has 100 valence electrons. The van der Waals surface area contributed by atoms with Crippen LogP contribution in [-0.2, 0) is 13.1 Å². The van der Waals surface area contributed by atoms with Crippen LogP contribution in [0.1, 0.15) is 11.1 Å². The minimum Gasteiger partial charge on any atom is -0.481 e. The van der Waals surface area contributed by atoms with Gasteiger partial charge >= 0.3 is 5.00 Å². The van der Waals surface area contributed by atoms with Crippen LogP contribution in [0.15, 0.2) is 29.8 Å². The SMILES string of the molecule is COc1cc(CNCc2csc([N+](=O)[O-])c2)ccn1. The van der Waals surface area contributed by atoms with E-state index in [1.54, 1.807) is 24.8 Å². The van der Waals surface area contributed by atoms with Crippen molar-refractivity contribution in [3.63, 3.8) is 0 Å². The van der Waals surface area contributed by atoms with Gasteiger partial charge in [0.2, 0.25) is 5.88 Å². The van der Waals surface area contributed by atoms with Crippen LogP contribution in [-0.4, -0.2) is 17.0 Å². The summed E-state index contributed by atoms with van der Waals surface area (Å²) < 4.78 is 5.04. The van der Waals surface area contributed by atoms with E-state index in [9.17, 15) is 10.1 Å². The lowest BCUT2D eigenvalue weighted by Crippen LogP contribution is -2.12. The molecule has 0 aliphatic heterocycles. The molecule has 0 amide bonds. The molecule has 19 heavy (non-hydrogen) atoms. The number of methoxy groups -OCH3 is 1. The van der Waals surface area contributed by atoms with Crippen molar-refractivity contribution in [2.75, 3.05) is 7.11 Å². The van der Waals surface area contributed by atoms with Crippen LogP contribution in [0.4, 0.5) is 5.00 Å². The maximum Gasteiger partial charge on any atom is 0.324 e. The first-order chi connectivity index (χ1) is 9.19. The zero-order chi connectivity index (χ0) is 13.7. The number of ether oxygens (including phenoxy) is 1. The summed E-state index contributed by atoms with van der Waals surface area (Å²) in [7, 11) is 1.57. The van der Waals surface area contributed by atoms with Crippen LogP contribution in [0, 0.1) is 10.1 Å². The quantitative estimate of drug-likeness (QED) is 0.648. The van der Waals surface area contributed by atoms with E-state index in [1.165, 1.54) is 0 Å². The molecule has 0 aliphatic carbocycles. The molecule has 7 heteroatoms. The summed E-state index contributed by atoms with van der Waals surface area (Å²) in [5.74, 6) is 0.575. The standard InChI is InChI=1S/C12H13N3O3S/c1-18-11-4-9(2-3-14-11)6-13-7-10-5-12(15(16)17)19-8-10/h2-5,8,13H,6-7H2,1H3. The molecule has 1 N–H and O–H groups in total. The number of thiophene rings is 1. The number of nitro groups is 1. The number of rotatable bonds is 6. The van der Waals surface area contributed by atoms with Gasteiger partial charge in [-0.2, -0.15) is 0 Å². The van der Waals surface area contributed by atoms with Crippen molar-refractivity contribution in [2.24, 2.45) is 0 Å². The van der Waals surface area contributed by atoms with Crippen LogP contribution in [0.5, 0.6) is 5.88 Å². The van der Waals surface area contributed by atoms with Crippen molar-refractivity contribution in [2.45, 2.75) is 13.1 Å². The Morgan fingerprint density at radius 1 is 1.42 bits per heavy atom. The van der Waals surface area contributed by atoms with Gasteiger partial charge in [0.15, 0.2) is 0 Å². The molecule has 2 aromatic heterocycles. The number of hydrogen-bond acceptors (Lipinski definition) is 6. The highest BCUT2D eigenvalue weighted by Gasteiger charge is 2.08. The average Bonchev–Trinajstić information content (AvgIpc) is 2.88. The maximum absolute atomic E-state index is 10.6. The first-order valence-corrected chi connectivity index (χ1v) is 6.48. The Kier molecular flexibility index (Phi) is 4.43. The predicted octanol–water partition coefficient (Wildman–Crippen LogP) is 2.35. The van der Waals surface area contributed by atoms with Crippen molar-refractivity contribution in [1.29, 1.82) is 0 Å². The van der Waals surface area contributed by atoms with E-state index in [-0.39, 0.29) is 9.92 Å². The molecule has 0 saturated carbocycles. The Labute approximate surface area is 114 Å². The third-order valence-electron chi connectivity index (χ3n) is 2.49. The van der Waals surface area contributed by atoms with E-state index in [0.717, 1.165) is 22.5 Å². The van der Waals surface area contributed by atoms with Gasteiger partial charge < -0.3 is 10.1 Å². The van der Waals surface area contributed by atoms with Crippen molar-refractivity contribution < 1.29 is 9.66 Å². The first kappa shape index (κ1) is 13.4. The largest absolute Gasteiger partial charge is 0.481 e. The fraction of sp³-hybridized carbons (Fsp3) is 0.250. The molecular weight excluding hydrogens is 266 g/mol. The highest BCUT2D eigenvalue weighted by molar-refractivity contribution is 7.13. The minimum absolute atomic E-state index is 0.169. The van der Waals surface area contributed by atoms with Gasteiger partial charge in [0.05, 0.1) is 12.0 Å². The fourth-order valence-electron chi connectivity index (χ4n) is 1.57. The summed E-state index contributed by atoms with van der Waals surface area (Å²) in [4.78, 5) is 14.2. The number of hydrogen-bond donors (Lipinski definition) is 1. The second-order valence-corrected chi connectivity index (χ2v) is 4.75. The molecule has 2 heterocycles. The lowest BCUT2D eigenvalue weighted by atomic mass is 10.2. The Morgan fingerprint density at radius 2 is 2.21 bits per heavy atom. The van der Waals surface area contributed by atoms with Crippen LogP contribution >= 0.6 is 11.3 Å². The lowest BCUT2D eigenvalue weighted by Gasteiger charge is -2.04. The Bertz CT molecular complexity index is 571. The van der Waals surface area contributed by atoms with Gasteiger partial charge in [-0.15, -0.1) is 0 Å². The topological polar surface area (TPSA) is 77.3 Å². The van der Waals surface area contributed by atoms with Crippen LogP contribution < -0.4 is 10.1 Å². The van der Waals surface area contributed by atoms with Gasteiger partial charge in [-0.05, 0) is 17.2 Å². The minimum atomic E-state index is -0.373. The maximum atomic E-state index is 10.6. The average molecular weight is 279 g/mol. The van der Waals surface area contributed by atoms with Gasteiger partial charge in [0.25, 0.3) is 0 Å². The molecule has 2 aromatic rings. The molecule has 0 unspecified atom stereocenters. The zero-order valence-corrected chi connectivity index (χ0v) is 11.1. The Balaban J connectivity index is 1.86. The number of aromatic nitrogens is 1. The van der Waals surface area contributed by atoms with Gasteiger partial charge in [-0.1, -0.05) is 11.3 Å². The van der Waals surface area contributed by atoms with E-state index in [4.69, 9.17) is 4.74 Å². The molecule has 0 aromatic carbocycles. The number of nitrogens with one attached hydrogen (secondary N) is 1. The van der Waals surface area contributed by atoms with E-state index < -0.39 is 0 Å². The van der Waals surface area contributed by atoms with E-state index in [2.05, 4.69) is 10.3 Å². The van der Waals surface area contributed by atoms with E-state index >= 15 is 0 Å². The first-order valence-electron chi connectivity index (χ1n) is 5.60. The molecule has 2 rings (SSSR count). The molecule has 0 atom stereocenters. The molecule has 0 bridgehead atoms. The molecule has 0 saturated heterocycles. The second kappa shape index (κ2) is 6.26. The van der Waals surface area contributed by atoms with Crippen molar-refractivity contribution in [3.05, 3.63) is 51.0 Å². The number of pyridine rings is 1. The number of nitrogens with zero attached hydrogens (tertiary/aromatic N) is 2. The monoisotopic (exact) mass is 279 g/mol. The molecule has 0 aliphatic rings. The summed E-state index contributed by atoms with van der Waals surface area (Å²) >= 11 is 1.14. The third-order valence-corrected chi connectivity index (χ3v) is 3.42. The Morgan fingerprint density at radius 3 is 2.89 bits per heavy atom. The van der Waals surface area contributed by atoms with Gasteiger partial charge in [0, 0.05) is 36.8 Å². The van der Waals surface area contributed by atoms with Gasteiger partial charge in [-0.3, -0.25) is 10.1 Å². The molecule has 0 fully saturated rings. The third kappa shape index (κ3) is 3.73. The summed E-state index contributed by atoms with van der Waals surface area (Å²) in [6.07, 6.45) is 1.69. The Hall–Kier alpha value is -1.99.